The molecular formula is C18H19N3O2S. The average Bonchev–Trinajstić information content (AvgIpc) is 3.29. The van der Waals surface area contributed by atoms with Crippen molar-refractivity contribution in [3.05, 3.63) is 58.6 Å². The zero-order chi connectivity index (χ0) is 16.6. The Bertz CT molecular complexity index is 754. The summed E-state index contributed by atoms with van der Waals surface area (Å²) in [7, 11) is 0. The Morgan fingerprint density at radius 2 is 2.04 bits per heavy atom. The largest absolute Gasteiger partial charge is 0.356 e. The summed E-state index contributed by atoms with van der Waals surface area (Å²) < 4.78 is 5.19. The second-order valence-corrected chi connectivity index (χ2v) is 6.24. The first-order chi connectivity index (χ1) is 11.8. The van der Waals surface area contributed by atoms with Crippen LogP contribution in [0.2, 0.25) is 0 Å². The van der Waals surface area contributed by atoms with Crippen LogP contribution in [0.4, 0.5) is 0 Å². The van der Waals surface area contributed by atoms with E-state index in [2.05, 4.69) is 27.6 Å². The highest BCUT2D eigenvalue weighted by molar-refractivity contribution is 7.08. The molecule has 0 saturated heterocycles. The van der Waals surface area contributed by atoms with Gasteiger partial charge in [0, 0.05) is 30.3 Å². The van der Waals surface area contributed by atoms with Gasteiger partial charge in [-0.2, -0.15) is 16.3 Å². The lowest BCUT2D eigenvalue weighted by atomic mass is 10.1. The Morgan fingerprint density at radius 3 is 2.83 bits per heavy atom. The monoisotopic (exact) mass is 341 g/mol. The van der Waals surface area contributed by atoms with E-state index >= 15 is 0 Å². The molecule has 1 aromatic carbocycles. The molecule has 0 saturated carbocycles. The number of carbonyl (C=O) groups is 1. The number of nitrogens with one attached hydrogen (secondary N) is 1. The third-order valence-electron chi connectivity index (χ3n) is 3.62. The van der Waals surface area contributed by atoms with Gasteiger partial charge in [-0.3, -0.25) is 4.79 Å². The maximum absolute atomic E-state index is 11.9. The van der Waals surface area contributed by atoms with Crippen molar-refractivity contribution in [2.45, 2.75) is 25.7 Å². The van der Waals surface area contributed by atoms with Crippen LogP contribution in [0.3, 0.4) is 0 Å². The number of aromatic nitrogens is 2. The Morgan fingerprint density at radius 1 is 1.17 bits per heavy atom. The molecule has 1 amide bonds. The molecule has 2 aromatic heterocycles. The molecule has 0 atom stereocenters. The molecule has 0 aliphatic carbocycles. The van der Waals surface area contributed by atoms with Gasteiger partial charge in [0.25, 0.3) is 0 Å². The van der Waals surface area contributed by atoms with Crippen molar-refractivity contribution >= 4 is 17.2 Å². The molecule has 0 spiro atoms. The third kappa shape index (κ3) is 4.76. The third-order valence-corrected chi connectivity index (χ3v) is 4.30. The van der Waals surface area contributed by atoms with Crippen LogP contribution in [0.25, 0.3) is 11.4 Å². The van der Waals surface area contributed by atoms with Crippen LogP contribution >= 0.6 is 11.3 Å². The van der Waals surface area contributed by atoms with E-state index in [4.69, 9.17) is 4.52 Å². The molecule has 5 nitrogen and oxygen atoms in total. The minimum Gasteiger partial charge on any atom is -0.356 e. The zero-order valence-electron chi connectivity index (χ0n) is 13.3. The lowest BCUT2D eigenvalue weighted by Gasteiger charge is -2.04. The smallest absolute Gasteiger partial charge is 0.227 e. The van der Waals surface area contributed by atoms with E-state index in [9.17, 15) is 4.79 Å². The van der Waals surface area contributed by atoms with E-state index < -0.39 is 0 Å². The second kappa shape index (κ2) is 8.40. The number of rotatable bonds is 8. The molecule has 24 heavy (non-hydrogen) atoms. The number of aryl methyl sites for hydroxylation is 2. The van der Waals surface area contributed by atoms with Gasteiger partial charge in [0.1, 0.15) is 0 Å². The molecule has 0 aliphatic heterocycles. The van der Waals surface area contributed by atoms with Crippen LogP contribution in [0.5, 0.6) is 0 Å². The molecule has 2 heterocycles. The van der Waals surface area contributed by atoms with Gasteiger partial charge >= 0.3 is 0 Å². The standard InChI is InChI=1S/C18H19N3O2S/c22-16(19-11-4-7-14-5-2-1-3-6-14)8-9-17-20-18(21-23-17)15-10-12-24-13-15/h1-3,5-6,10,12-13H,4,7-9,11H2,(H,19,22). The van der Waals surface area contributed by atoms with Gasteiger partial charge in [0.2, 0.25) is 17.6 Å². The summed E-state index contributed by atoms with van der Waals surface area (Å²) in [5.41, 5.74) is 2.24. The highest BCUT2D eigenvalue weighted by Gasteiger charge is 2.10. The first-order valence-corrected chi connectivity index (χ1v) is 8.91. The molecule has 0 unspecified atom stereocenters. The van der Waals surface area contributed by atoms with Crippen LogP contribution in [0.15, 0.2) is 51.7 Å². The SMILES string of the molecule is O=C(CCc1nc(-c2ccsc2)no1)NCCCc1ccccc1. The topological polar surface area (TPSA) is 68.0 Å². The van der Waals surface area contributed by atoms with Crippen molar-refractivity contribution in [3.8, 4) is 11.4 Å². The van der Waals surface area contributed by atoms with Crippen LogP contribution in [0.1, 0.15) is 24.3 Å². The number of amides is 1. The number of thiophene rings is 1. The molecule has 0 bridgehead atoms. The maximum atomic E-state index is 11.9. The van der Waals surface area contributed by atoms with Crippen molar-refractivity contribution in [1.29, 1.82) is 0 Å². The fraction of sp³-hybridized carbons (Fsp3) is 0.278. The lowest BCUT2D eigenvalue weighted by Crippen LogP contribution is -2.25. The number of benzene rings is 1. The van der Waals surface area contributed by atoms with Crippen molar-refractivity contribution in [3.63, 3.8) is 0 Å². The van der Waals surface area contributed by atoms with E-state index in [1.165, 1.54) is 5.56 Å². The first kappa shape index (κ1) is 16.4. The van der Waals surface area contributed by atoms with Crippen molar-refractivity contribution in [1.82, 2.24) is 15.5 Å². The summed E-state index contributed by atoms with van der Waals surface area (Å²) in [5, 5.41) is 10.8. The van der Waals surface area contributed by atoms with Crippen LogP contribution in [-0.4, -0.2) is 22.6 Å². The molecule has 1 N–H and O–H groups in total. The van der Waals surface area contributed by atoms with E-state index in [1.54, 1.807) is 11.3 Å². The summed E-state index contributed by atoms with van der Waals surface area (Å²) in [6, 6.07) is 12.2. The number of nitrogens with zero attached hydrogens (tertiary/aromatic N) is 2. The molecule has 6 heteroatoms. The minimum atomic E-state index is 0.0124. The molecule has 3 rings (SSSR count). The molecule has 0 aliphatic rings. The molecule has 0 radical (unpaired) electrons. The van der Waals surface area contributed by atoms with Crippen molar-refractivity contribution < 1.29 is 9.32 Å². The van der Waals surface area contributed by atoms with Crippen molar-refractivity contribution in [2.24, 2.45) is 0 Å². The van der Waals surface area contributed by atoms with Crippen LogP contribution in [0, 0.1) is 0 Å². The normalized spacial score (nSPS) is 10.7. The van der Waals surface area contributed by atoms with E-state index in [1.807, 2.05) is 35.0 Å². The average molecular weight is 341 g/mol. The Labute approximate surface area is 144 Å². The molecule has 0 fully saturated rings. The Balaban J connectivity index is 1.35. The Kier molecular flexibility index (Phi) is 5.74. The van der Waals surface area contributed by atoms with Crippen molar-refractivity contribution in [2.75, 3.05) is 6.54 Å². The summed E-state index contributed by atoms with van der Waals surface area (Å²) >= 11 is 1.59. The lowest BCUT2D eigenvalue weighted by molar-refractivity contribution is -0.121. The van der Waals surface area contributed by atoms with E-state index in [0.717, 1.165) is 18.4 Å². The highest BCUT2D eigenvalue weighted by atomic mass is 32.1. The predicted molar refractivity (Wildman–Crippen MR) is 93.7 cm³/mol. The van der Waals surface area contributed by atoms with Crippen LogP contribution in [-0.2, 0) is 17.6 Å². The Hall–Kier alpha value is -2.47. The van der Waals surface area contributed by atoms with Gasteiger partial charge in [-0.1, -0.05) is 35.5 Å². The zero-order valence-corrected chi connectivity index (χ0v) is 14.1. The molecule has 124 valence electrons. The summed E-state index contributed by atoms with van der Waals surface area (Å²) in [6.45, 7) is 0.678. The number of hydrogen-bond donors (Lipinski definition) is 1. The highest BCUT2D eigenvalue weighted by Crippen LogP contribution is 2.18. The van der Waals surface area contributed by atoms with Gasteiger partial charge in [0.15, 0.2) is 0 Å². The van der Waals surface area contributed by atoms with Gasteiger partial charge < -0.3 is 9.84 Å². The maximum Gasteiger partial charge on any atom is 0.227 e. The minimum absolute atomic E-state index is 0.0124. The van der Waals surface area contributed by atoms with Gasteiger partial charge in [-0.05, 0) is 29.9 Å². The quantitative estimate of drug-likeness (QED) is 0.637. The summed E-state index contributed by atoms with van der Waals surface area (Å²) in [4.78, 5) is 16.2. The first-order valence-electron chi connectivity index (χ1n) is 7.97. The molecule has 3 aromatic rings. The van der Waals surface area contributed by atoms with Crippen LogP contribution < -0.4 is 5.32 Å². The predicted octanol–water partition coefficient (Wildman–Crippen LogP) is 3.48. The summed E-state index contributed by atoms with van der Waals surface area (Å²) in [6.07, 6.45) is 2.71. The van der Waals surface area contributed by atoms with Gasteiger partial charge in [-0.25, -0.2) is 0 Å². The fourth-order valence-electron chi connectivity index (χ4n) is 2.34. The number of carbonyl (C=O) groups excluding carboxylic acids is 1. The summed E-state index contributed by atoms with van der Waals surface area (Å²) in [5.74, 6) is 1.09. The number of hydrogen-bond acceptors (Lipinski definition) is 5. The van der Waals surface area contributed by atoms with Gasteiger partial charge in [-0.15, -0.1) is 0 Å². The fourth-order valence-corrected chi connectivity index (χ4v) is 2.97. The van der Waals surface area contributed by atoms with E-state index in [0.29, 0.717) is 31.1 Å². The van der Waals surface area contributed by atoms with Gasteiger partial charge in [0.05, 0.1) is 0 Å². The second-order valence-electron chi connectivity index (χ2n) is 5.46. The van der Waals surface area contributed by atoms with E-state index in [-0.39, 0.29) is 5.91 Å². The molecular weight excluding hydrogens is 322 g/mol.